The van der Waals surface area contributed by atoms with Gasteiger partial charge in [0, 0.05) is 28.4 Å². The van der Waals surface area contributed by atoms with Gasteiger partial charge in [-0.2, -0.15) is 8.62 Å². The second kappa shape index (κ2) is 7.55. The summed E-state index contributed by atoms with van der Waals surface area (Å²) in [6, 6.07) is 0. The average Bonchev–Trinajstić information content (AvgIpc) is 2.38. The minimum Gasteiger partial charge on any atom is -0.304 e. The summed E-state index contributed by atoms with van der Waals surface area (Å²) < 4.78 is 62.4. The molecule has 0 aromatic heterocycles. The van der Waals surface area contributed by atoms with Crippen molar-refractivity contribution in [3.63, 3.8) is 0 Å². The minimum atomic E-state index is -4.43. The molecule has 0 rings (SSSR count). The summed E-state index contributed by atoms with van der Waals surface area (Å²) in [5.41, 5.74) is 0. The second-order valence-corrected chi connectivity index (χ2v) is 10.7. The molecule has 0 aliphatic rings. The van der Waals surface area contributed by atoms with Crippen LogP contribution in [0, 0.1) is 0 Å². The first-order valence-electron chi connectivity index (χ1n) is 4.23. The van der Waals surface area contributed by atoms with Crippen LogP contribution in [0.4, 0.5) is 0 Å². The van der Waals surface area contributed by atoms with Crippen molar-refractivity contribution in [2.24, 2.45) is 0 Å². The molecule has 9 nitrogen and oxygen atoms in total. The van der Waals surface area contributed by atoms with Crippen LogP contribution in [0.3, 0.4) is 0 Å². The highest BCUT2D eigenvalue weighted by atomic mass is 32.7. The molecule has 0 heterocycles. The number of hydrogen-bond donors (Lipinski definition) is 0. The Bertz CT molecular complexity index is 350. The Hall–Kier alpha value is 0.800. The molecule has 18 heavy (non-hydrogen) atoms. The van der Waals surface area contributed by atoms with E-state index in [-0.39, 0.29) is 0 Å². The first kappa shape index (κ1) is 18.8. The molecule has 0 amide bonds. The van der Waals surface area contributed by atoms with Crippen molar-refractivity contribution < 1.29 is 40.4 Å². The van der Waals surface area contributed by atoms with Gasteiger partial charge in [0.2, 0.25) is 0 Å². The first-order chi connectivity index (χ1) is 8.22. The van der Waals surface area contributed by atoms with Crippen molar-refractivity contribution in [3.05, 3.63) is 0 Å². The molecular weight excluding hydrogens is 329 g/mol. The molecule has 0 spiro atoms. The highest BCUT2D eigenvalue weighted by molar-refractivity contribution is 8.55. The smallest absolute Gasteiger partial charge is 0.304 e. The SMILES string of the molecule is COP(=O)(OC)OP(=O)(OC)OP(=O)(OC)SC. The molecule has 110 valence electrons. The Morgan fingerprint density at radius 2 is 1.17 bits per heavy atom. The van der Waals surface area contributed by atoms with Crippen molar-refractivity contribution >= 4 is 33.8 Å². The zero-order chi connectivity index (χ0) is 14.4. The molecule has 2 unspecified atom stereocenters. The van der Waals surface area contributed by atoms with E-state index >= 15 is 0 Å². The predicted molar refractivity (Wildman–Crippen MR) is 66.5 cm³/mol. The lowest BCUT2D eigenvalue weighted by atomic mass is 11.8. The van der Waals surface area contributed by atoms with Crippen LogP contribution in [0.5, 0.6) is 0 Å². The minimum absolute atomic E-state index is 0.663. The van der Waals surface area contributed by atoms with Gasteiger partial charge in [0.15, 0.2) is 0 Å². The third kappa shape index (κ3) is 5.43. The summed E-state index contributed by atoms with van der Waals surface area (Å²) in [4.78, 5) is 0. The normalized spacial score (nSPS) is 19.2. The standard InChI is InChI=1S/C5H15O9P3S/c1-9-15(6,10-2)13-16(7,11-3)14-17(8,12-4)18-5/h1-5H3. The Balaban J connectivity index is 5.10. The van der Waals surface area contributed by atoms with Crippen LogP contribution in [-0.2, 0) is 40.4 Å². The van der Waals surface area contributed by atoms with E-state index in [2.05, 4.69) is 26.7 Å². The van der Waals surface area contributed by atoms with Crippen LogP contribution in [0.2, 0.25) is 0 Å². The van der Waals surface area contributed by atoms with Gasteiger partial charge < -0.3 is 4.52 Å². The zero-order valence-corrected chi connectivity index (χ0v) is 13.9. The van der Waals surface area contributed by atoms with Gasteiger partial charge in [0.1, 0.15) is 0 Å². The van der Waals surface area contributed by atoms with E-state index in [9.17, 15) is 13.7 Å². The fourth-order valence-corrected chi connectivity index (χ4v) is 6.64. The van der Waals surface area contributed by atoms with E-state index in [1.807, 2.05) is 0 Å². The molecule has 0 aliphatic heterocycles. The lowest BCUT2D eigenvalue weighted by molar-refractivity contribution is 0.171. The summed E-state index contributed by atoms with van der Waals surface area (Å²) in [7, 11) is -4.50. The van der Waals surface area contributed by atoms with Crippen molar-refractivity contribution in [1.29, 1.82) is 0 Å². The number of hydrogen-bond acceptors (Lipinski definition) is 10. The molecule has 0 N–H and O–H groups in total. The molecule has 0 radical (unpaired) electrons. The maximum absolute atomic E-state index is 12.0. The predicted octanol–water partition coefficient (Wildman–Crippen LogP) is 3.29. The van der Waals surface area contributed by atoms with Crippen LogP contribution < -0.4 is 0 Å². The monoisotopic (exact) mass is 344 g/mol. The third-order valence-corrected chi connectivity index (χ3v) is 9.34. The van der Waals surface area contributed by atoms with Crippen molar-refractivity contribution in [1.82, 2.24) is 0 Å². The third-order valence-electron chi connectivity index (χ3n) is 1.52. The van der Waals surface area contributed by atoms with Gasteiger partial charge in [-0.3, -0.25) is 13.6 Å². The van der Waals surface area contributed by atoms with Crippen LogP contribution in [-0.4, -0.2) is 34.7 Å². The topological polar surface area (TPSA) is 107 Å². The van der Waals surface area contributed by atoms with Gasteiger partial charge in [-0.05, 0) is 17.6 Å². The average molecular weight is 344 g/mol. The maximum Gasteiger partial charge on any atom is 0.491 e. The molecule has 0 aliphatic carbocycles. The summed E-state index contributed by atoms with van der Waals surface area (Å²) in [5.74, 6) is 0. The second-order valence-electron chi connectivity index (χ2n) is 2.42. The molecule has 0 saturated carbocycles. The van der Waals surface area contributed by atoms with E-state index < -0.39 is 22.4 Å². The van der Waals surface area contributed by atoms with Crippen LogP contribution in [0.15, 0.2) is 0 Å². The molecule has 0 aromatic rings. The quantitative estimate of drug-likeness (QED) is 0.578. The summed E-state index contributed by atoms with van der Waals surface area (Å²) >= 11 is 0.663. The highest BCUT2D eigenvalue weighted by Gasteiger charge is 2.44. The number of phosphoric ester groups is 1. The number of rotatable bonds is 9. The van der Waals surface area contributed by atoms with Gasteiger partial charge in [-0.25, -0.2) is 13.7 Å². The van der Waals surface area contributed by atoms with E-state index in [1.54, 1.807) is 0 Å². The van der Waals surface area contributed by atoms with Crippen LogP contribution in [0.1, 0.15) is 0 Å². The van der Waals surface area contributed by atoms with E-state index in [0.717, 1.165) is 28.4 Å². The Morgan fingerprint density at radius 3 is 1.44 bits per heavy atom. The van der Waals surface area contributed by atoms with Gasteiger partial charge in [0.25, 0.3) is 0 Å². The molecular formula is C5H15O9P3S. The zero-order valence-electron chi connectivity index (χ0n) is 10.4. The van der Waals surface area contributed by atoms with Crippen molar-refractivity contribution in [2.45, 2.75) is 0 Å². The van der Waals surface area contributed by atoms with Gasteiger partial charge in [-0.15, -0.1) is 0 Å². The lowest BCUT2D eigenvalue weighted by Gasteiger charge is -2.22. The highest BCUT2D eigenvalue weighted by Crippen LogP contribution is 2.75. The van der Waals surface area contributed by atoms with E-state index in [1.165, 1.54) is 6.26 Å². The molecule has 0 aromatic carbocycles. The Labute approximate surface area is 109 Å². The molecule has 0 fully saturated rings. The molecule has 2 atom stereocenters. The van der Waals surface area contributed by atoms with Gasteiger partial charge in [0.05, 0.1) is 0 Å². The van der Waals surface area contributed by atoms with Crippen molar-refractivity contribution in [2.75, 3.05) is 34.7 Å². The Kier molecular flexibility index (Phi) is 7.88. The summed E-state index contributed by atoms with van der Waals surface area (Å²) in [5, 5.41) is 0. The molecule has 13 heteroatoms. The first-order valence-corrected chi connectivity index (χ1v) is 10.5. The largest absolute Gasteiger partial charge is 0.491 e. The summed E-state index contributed by atoms with van der Waals surface area (Å²) in [6.07, 6.45) is 1.40. The fourth-order valence-electron chi connectivity index (χ4n) is 0.609. The molecule has 0 bridgehead atoms. The molecule has 0 saturated heterocycles. The van der Waals surface area contributed by atoms with E-state index in [0.29, 0.717) is 11.4 Å². The number of phosphoric acid groups is 2. The fraction of sp³-hybridized carbons (Fsp3) is 1.00. The maximum atomic E-state index is 12.0. The van der Waals surface area contributed by atoms with Crippen LogP contribution in [0.25, 0.3) is 0 Å². The van der Waals surface area contributed by atoms with Gasteiger partial charge >= 0.3 is 22.4 Å². The van der Waals surface area contributed by atoms with E-state index in [4.69, 9.17) is 0 Å². The lowest BCUT2D eigenvalue weighted by Crippen LogP contribution is -1.98. The summed E-state index contributed by atoms with van der Waals surface area (Å²) in [6.45, 7) is -3.75. The Morgan fingerprint density at radius 1 is 0.722 bits per heavy atom. The van der Waals surface area contributed by atoms with Gasteiger partial charge in [-0.1, -0.05) is 0 Å². The van der Waals surface area contributed by atoms with Crippen LogP contribution >= 0.6 is 33.8 Å². The van der Waals surface area contributed by atoms with Crippen molar-refractivity contribution in [3.8, 4) is 0 Å².